The predicted octanol–water partition coefficient (Wildman–Crippen LogP) is 15.1. The molecule has 1 fully saturated rings. The van der Waals surface area contributed by atoms with Crippen LogP contribution in [0, 0.1) is 13.8 Å². The molecule has 0 aromatic heterocycles. The van der Waals surface area contributed by atoms with Gasteiger partial charge in [-0.2, -0.15) is 0 Å². The van der Waals surface area contributed by atoms with Gasteiger partial charge in [-0.25, -0.2) is 0 Å². The molecule has 0 amide bonds. The third-order valence-electron chi connectivity index (χ3n) is 13.5. The number of benzene rings is 6. The van der Waals surface area contributed by atoms with Crippen molar-refractivity contribution in [2.24, 2.45) is 0 Å². The topological polar surface area (TPSA) is 0 Å². The van der Waals surface area contributed by atoms with E-state index in [1.807, 2.05) is 0 Å². The van der Waals surface area contributed by atoms with Gasteiger partial charge in [-0.3, -0.25) is 0 Å². The molecule has 6 aromatic rings. The standard InChI is InChI=1S/C53H50.2CH3.Hf/c1-35-21-25-41(26-22-35)53(42-27-23-36(2)24-28-42,45-31-39-15-11-19-47(49(39)33-45)37-13-9-17-43(29-37)51(3,4)5)46-32-40-16-12-20-48(50(40)34-46)38-14-10-18-44(30-38)52(6,7)8;;;/h9-34H,1-8H3;2*1H3;. The first-order valence-corrected chi connectivity index (χ1v) is 32.0. The zero-order valence-corrected chi connectivity index (χ0v) is 38.6. The van der Waals surface area contributed by atoms with E-state index >= 15 is 0 Å². The molecular weight excluding hydrogens is 839 g/mol. The predicted molar refractivity (Wildman–Crippen MR) is 237 cm³/mol. The molecule has 1 saturated heterocycles. The Bertz CT molecular complexity index is 2400. The van der Waals surface area contributed by atoms with Gasteiger partial charge in [-0.1, -0.05) is 0 Å². The maximum atomic E-state index is 2.78. The zero-order valence-electron chi connectivity index (χ0n) is 35.0. The molecule has 1 heteroatoms. The summed E-state index contributed by atoms with van der Waals surface area (Å²) in [5.41, 5.74) is 22.4. The maximum absolute atomic E-state index is 3.44. The van der Waals surface area contributed by atoms with E-state index in [4.69, 9.17) is 0 Å². The second kappa shape index (κ2) is 13.1. The zero-order chi connectivity index (χ0) is 39.4. The first kappa shape index (κ1) is 37.3. The van der Waals surface area contributed by atoms with Crippen LogP contribution in [0.15, 0.2) is 145 Å². The molecule has 9 rings (SSSR count). The summed E-state index contributed by atoms with van der Waals surface area (Å²) in [5, 5.41) is 0. The third-order valence-corrected chi connectivity index (χ3v) is 28.7. The number of hydrogen-bond acceptors (Lipinski definition) is 0. The van der Waals surface area contributed by atoms with Crippen LogP contribution in [0.3, 0.4) is 0 Å². The number of fused-ring (bicyclic) bond motifs is 6. The molecule has 0 saturated carbocycles. The van der Waals surface area contributed by atoms with Gasteiger partial charge in [0.15, 0.2) is 0 Å². The molecule has 0 N–H and O–H groups in total. The van der Waals surface area contributed by atoms with Crippen molar-refractivity contribution in [2.45, 2.75) is 88.3 Å². The van der Waals surface area contributed by atoms with Crippen LogP contribution in [0.4, 0.5) is 0 Å². The molecule has 3 aliphatic rings. The van der Waals surface area contributed by atoms with Crippen LogP contribution in [0.5, 0.6) is 0 Å². The number of hydrogen-bond donors (Lipinski definition) is 0. The molecule has 56 heavy (non-hydrogen) atoms. The average Bonchev–Trinajstić information content (AvgIpc) is 3.77. The van der Waals surface area contributed by atoms with Crippen molar-refractivity contribution in [1.82, 2.24) is 0 Å². The second-order valence-electron chi connectivity index (χ2n) is 19.6. The summed E-state index contributed by atoms with van der Waals surface area (Å²) in [6.07, 6.45) is 5.38. The summed E-state index contributed by atoms with van der Waals surface area (Å²) in [6.45, 7) is 18.4. The Morgan fingerprint density at radius 3 is 1.21 bits per heavy atom. The van der Waals surface area contributed by atoms with Crippen LogP contribution in [0.2, 0.25) is 9.36 Å². The molecule has 2 aliphatic carbocycles. The van der Waals surface area contributed by atoms with Crippen molar-refractivity contribution in [3.8, 4) is 22.3 Å². The van der Waals surface area contributed by atoms with Gasteiger partial charge >= 0.3 is 343 Å². The van der Waals surface area contributed by atoms with Crippen LogP contribution in [0.25, 0.3) is 34.4 Å². The minimum absolute atomic E-state index is 0.0791. The van der Waals surface area contributed by atoms with E-state index in [-0.39, 0.29) is 10.8 Å². The summed E-state index contributed by atoms with van der Waals surface area (Å²) in [7, 11) is 0. The summed E-state index contributed by atoms with van der Waals surface area (Å²) in [6, 6.07) is 52.3. The molecule has 0 spiro atoms. The van der Waals surface area contributed by atoms with Gasteiger partial charge in [0.1, 0.15) is 0 Å². The van der Waals surface area contributed by atoms with E-state index in [0.29, 0.717) is 7.35 Å². The van der Waals surface area contributed by atoms with Gasteiger partial charge in [-0.05, 0) is 0 Å². The van der Waals surface area contributed by atoms with E-state index in [1.54, 1.807) is 22.3 Å². The number of aryl methyl sites for hydroxylation is 2. The van der Waals surface area contributed by atoms with Crippen molar-refractivity contribution in [2.75, 3.05) is 0 Å². The van der Waals surface area contributed by atoms with Gasteiger partial charge in [0.25, 0.3) is 0 Å². The van der Waals surface area contributed by atoms with Crippen LogP contribution in [-0.4, -0.2) is 0 Å². The summed E-state index contributed by atoms with van der Waals surface area (Å²) in [4.78, 5) is 0. The Balaban J connectivity index is 1.37. The Hall–Kier alpha value is -4.33. The normalized spacial score (nSPS) is 19.0. The van der Waals surface area contributed by atoms with Crippen molar-refractivity contribution in [3.05, 3.63) is 200 Å². The van der Waals surface area contributed by atoms with E-state index < -0.39 is 25.4 Å². The van der Waals surface area contributed by atoms with Crippen LogP contribution >= 0.6 is 0 Å². The van der Waals surface area contributed by atoms with Gasteiger partial charge < -0.3 is 0 Å². The Kier molecular flexibility index (Phi) is 8.72. The van der Waals surface area contributed by atoms with Gasteiger partial charge in [0.2, 0.25) is 0 Å². The first-order valence-electron chi connectivity index (χ1n) is 20.7. The molecule has 280 valence electrons. The van der Waals surface area contributed by atoms with Crippen molar-refractivity contribution in [3.63, 3.8) is 0 Å². The van der Waals surface area contributed by atoms with Crippen molar-refractivity contribution < 1.29 is 20.0 Å². The SMILES string of the molecule is Cc1ccc(C2(c3ccc(C)cc3)C3=Cc4c(-c5cccc(C(C)(C)C)c5)cccc4[CH]3[Hf]([CH3])([CH3])[CH]3C2=Cc2c(-c4cccc(C(C)(C)C)c4)cccc23)cc1. The Labute approximate surface area is 340 Å². The third kappa shape index (κ3) is 5.70. The van der Waals surface area contributed by atoms with E-state index in [2.05, 4.69) is 210 Å². The van der Waals surface area contributed by atoms with Gasteiger partial charge in [-0.15, -0.1) is 0 Å². The summed E-state index contributed by atoms with van der Waals surface area (Å²) < 4.78 is 6.41. The van der Waals surface area contributed by atoms with Crippen LogP contribution in [-0.2, 0) is 36.2 Å². The molecule has 0 radical (unpaired) electrons. The van der Waals surface area contributed by atoms with Crippen LogP contribution < -0.4 is 0 Å². The Morgan fingerprint density at radius 1 is 0.464 bits per heavy atom. The molecule has 2 atom stereocenters. The molecular formula is C55H56Hf. The molecule has 2 unspecified atom stereocenters. The fourth-order valence-corrected chi connectivity index (χ4v) is 27.3. The van der Waals surface area contributed by atoms with Gasteiger partial charge in [0.05, 0.1) is 0 Å². The van der Waals surface area contributed by atoms with Crippen molar-refractivity contribution >= 4 is 12.2 Å². The number of allylic oxidation sites excluding steroid dienone is 2. The molecule has 0 nitrogen and oxygen atoms in total. The fraction of sp³-hybridized carbons (Fsp3) is 0.273. The molecule has 6 aromatic carbocycles. The quantitative estimate of drug-likeness (QED) is 0.155. The van der Waals surface area contributed by atoms with E-state index in [1.165, 1.54) is 66.8 Å². The summed E-state index contributed by atoms with van der Waals surface area (Å²) in [5.74, 6) is 0. The summed E-state index contributed by atoms with van der Waals surface area (Å²) >= 11 is -3.44. The van der Waals surface area contributed by atoms with E-state index in [0.717, 1.165) is 0 Å². The second-order valence-corrected chi connectivity index (χ2v) is 36.9. The monoisotopic (exact) mass is 896 g/mol. The number of rotatable bonds is 4. The fourth-order valence-electron chi connectivity index (χ4n) is 10.6. The van der Waals surface area contributed by atoms with Crippen LogP contribution in [0.1, 0.15) is 105 Å². The van der Waals surface area contributed by atoms with Crippen molar-refractivity contribution in [1.29, 1.82) is 0 Å². The Morgan fingerprint density at radius 2 is 0.839 bits per heavy atom. The average molecular weight is 896 g/mol. The molecule has 0 bridgehead atoms. The van der Waals surface area contributed by atoms with E-state index in [9.17, 15) is 0 Å². The molecule has 1 heterocycles. The minimum atomic E-state index is -3.44. The van der Waals surface area contributed by atoms with Gasteiger partial charge in [0, 0.05) is 0 Å². The molecule has 1 aliphatic heterocycles. The first-order chi connectivity index (χ1) is 26.6.